The van der Waals surface area contributed by atoms with Crippen LogP contribution in [0.2, 0.25) is 0 Å². The van der Waals surface area contributed by atoms with Crippen LogP contribution in [0.15, 0.2) is 24.3 Å². The summed E-state index contributed by atoms with van der Waals surface area (Å²) in [7, 11) is 0. The Balaban J connectivity index is 1.41. The minimum absolute atomic E-state index is 0.0190. The van der Waals surface area contributed by atoms with Gasteiger partial charge in [0.2, 0.25) is 11.8 Å². The molecular weight excluding hydrogens is 421 g/mol. The highest BCUT2D eigenvalue weighted by atomic mass is 19.1. The summed E-state index contributed by atoms with van der Waals surface area (Å²) in [6.45, 7) is 6.03. The Morgan fingerprint density at radius 2 is 1.94 bits per heavy atom. The smallest absolute Gasteiger partial charge is 0.223 e. The molecule has 1 aromatic heterocycles. The molecule has 2 aromatic rings. The van der Waals surface area contributed by atoms with E-state index >= 15 is 0 Å². The average Bonchev–Trinajstić information content (AvgIpc) is 3.09. The molecule has 1 aliphatic heterocycles. The number of amides is 2. The van der Waals surface area contributed by atoms with Crippen LogP contribution in [-0.4, -0.2) is 46.1 Å². The monoisotopic (exact) mass is 453 g/mol. The number of carbonyl (C=O) groups excluding carboxylic acids is 2. The highest BCUT2D eigenvalue weighted by Crippen LogP contribution is 2.20. The highest BCUT2D eigenvalue weighted by molar-refractivity contribution is 5.80. The second kappa shape index (κ2) is 11.6. The molecule has 1 saturated heterocycles. The number of likely N-dealkylation sites (tertiary alicyclic amines) is 1. The maximum Gasteiger partial charge on any atom is 0.223 e. The normalized spacial score (nSPS) is 14.2. The fourth-order valence-electron chi connectivity index (χ4n) is 4.42. The molecule has 0 unspecified atom stereocenters. The fraction of sp³-hybridized carbons (Fsp3) is 0.520. The summed E-state index contributed by atoms with van der Waals surface area (Å²) in [5.41, 5.74) is 3.59. The number of nitrogens with one attached hydrogen (secondary N) is 1. The van der Waals surface area contributed by atoms with Crippen LogP contribution in [0.25, 0.3) is 0 Å². The molecule has 1 aromatic carbocycles. The van der Waals surface area contributed by atoms with Gasteiger partial charge in [0.1, 0.15) is 5.82 Å². The number of carbonyl (C=O) groups is 2. The number of rotatable bonds is 9. The number of aryl methyl sites for hydroxylation is 2. The van der Waals surface area contributed by atoms with Gasteiger partial charge in [-0.25, -0.2) is 4.39 Å². The molecular formula is C25H32FN5O2. The number of halogens is 1. The number of nitriles is 1. The molecule has 0 aliphatic carbocycles. The lowest BCUT2D eigenvalue weighted by Crippen LogP contribution is -2.43. The fourth-order valence-corrected chi connectivity index (χ4v) is 4.42. The molecule has 33 heavy (non-hydrogen) atoms. The maximum atomic E-state index is 13.7. The van der Waals surface area contributed by atoms with Crippen molar-refractivity contribution in [3.05, 3.63) is 52.6 Å². The van der Waals surface area contributed by atoms with E-state index in [9.17, 15) is 14.0 Å². The molecule has 0 spiro atoms. The van der Waals surface area contributed by atoms with Crippen LogP contribution in [0.3, 0.4) is 0 Å². The van der Waals surface area contributed by atoms with Crippen molar-refractivity contribution in [1.82, 2.24) is 20.0 Å². The van der Waals surface area contributed by atoms with Crippen LogP contribution in [0.5, 0.6) is 0 Å². The minimum atomic E-state index is -0.251. The van der Waals surface area contributed by atoms with Gasteiger partial charge in [0.05, 0.1) is 24.7 Å². The third-order valence-electron chi connectivity index (χ3n) is 6.43. The molecule has 0 bridgehead atoms. The molecule has 7 nitrogen and oxygen atoms in total. The minimum Gasteiger partial charge on any atom is -0.356 e. The van der Waals surface area contributed by atoms with Gasteiger partial charge in [0.15, 0.2) is 0 Å². The van der Waals surface area contributed by atoms with Gasteiger partial charge in [-0.3, -0.25) is 14.3 Å². The predicted octanol–water partition coefficient (Wildman–Crippen LogP) is 3.08. The van der Waals surface area contributed by atoms with E-state index in [4.69, 9.17) is 5.26 Å². The number of benzene rings is 1. The Bertz CT molecular complexity index is 1020. The van der Waals surface area contributed by atoms with Gasteiger partial charge in [-0.2, -0.15) is 10.4 Å². The number of nitrogens with zero attached hydrogens (tertiary/aromatic N) is 4. The zero-order valence-electron chi connectivity index (χ0n) is 19.4. The molecule has 0 saturated carbocycles. The number of hydrogen-bond acceptors (Lipinski definition) is 4. The van der Waals surface area contributed by atoms with Crippen LogP contribution in [-0.2, 0) is 29.0 Å². The standard InChI is InChI=1S/C25H32FN5O2/c1-18-22(19(2)31(29-18)15-5-13-27)8-9-24(32)30-16-11-21(12-17-30)25(33)28-14-10-20-6-3-4-7-23(20)26/h3-4,6-7,21H,5,8-12,14-17H2,1-2H3,(H,28,33). The van der Waals surface area contributed by atoms with Crippen molar-refractivity contribution < 1.29 is 14.0 Å². The zero-order valence-corrected chi connectivity index (χ0v) is 19.4. The first-order valence-electron chi connectivity index (χ1n) is 11.6. The zero-order chi connectivity index (χ0) is 23.8. The molecule has 2 amide bonds. The summed E-state index contributed by atoms with van der Waals surface area (Å²) in [4.78, 5) is 27.0. The lowest BCUT2D eigenvalue weighted by atomic mass is 9.95. The van der Waals surface area contributed by atoms with Gasteiger partial charge in [0.25, 0.3) is 0 Å². The predicted molar refractivity (Wildman–Crippen MR) is 123 cm³/mol. The van der Waals surface area contributed by atoms with Crippen LogP contribution >= 0.6 is 0 Å². The van der Waals surface area contributed by atoms with Crippen molar-refractivity contribution in [2.75, 3.05) is 19.6 Å². The van der Waals surface area contributed by atoms with Crippen molar-refractivity contribution in [3.8, 4) is 6.07 Å². The van der Waals surface area contributed by atoms with E-state index in [0.717, 1.165) is 17.0 Å². The van der Waals surface area contributed by atoms with Gasteiger partial charge in [-0.05, 0) is 56.7 Å². The summed E-state index contributed by atoms with van der Waals surface area (Å²) >= 11 is 0. The number of piperidine rings is 1. The summed E-state index contributed by atoms with van der Waals surface area (Å²) < 4.78 is 15.5. The summed E-state index contributed by atoms with van der Waals surface area (Å²) in [5.74, 6) is -0.289. The maximum absolute atomic E-state index is 13.7. The number of hydrogen-bond donors (Lipinski definition) is 1. The molecule has 0 radical (unpaired) electrons. The quantitative estimate of drug-likeness (QED) is 0.632. The van der Waals surface area contributed by atoms with Crippen molar-refractivity contribution in [3.63, 3.8) is 0 Å². The molecule has 1 aliphatic rings. The van der Waals surface area contributed by atoms with E-state index in [0.29, 0.717) is 70.3 Å². The molecule has 1 N–H and O–H groups in total. The largest absolute Gasteiger partial charge is 0.356 e. The van der Waals surface area contributed by atoms with Crippen molar-refractivity contribution in [1.29, 1.82) is 5.26 Å². The van der Waals surface area contributed by atoms with Crippen LogP contribution in [0.1, 0.15) is 48.2 Å². The summed E-state index contributed by atoms with van der Waals surface area (Å²) in [6.07, 6.45) is 3.18. The first-order valence-corrected chi connectivity index (χ1v) is 11.6. The van der Waals surface area contributed by atoms with Gasteiger partial charge >= 0.3 is 0 Å². The van der Waals surface area contributed by atoms with Gasteiger partial charge < -0.3 is 10.2 Å². The van der Waals surface area contributed by atoms with Crippen LogP contribution in [0.4, 0.5) is 4.39 Å². The molecule has 0 atom stereocenters. The van der Waals surface area contributed by atoms with E-state index in [-0.39, 0.29) is 23.5 Å². The molecule has 8 heteroatoms. The van der Waals surface area contributed by atoms with E-state index in [1.54, 1.807) is 18.2 Å². The Morgan fingerprint density at radius 3 is 2.64 bits per heavy atom. The third kappa shape index (κ3) is 6.41. The highest BCUT2D eigenvalue weighted by Gasteiger charge is 2.27. The Labute approximate surface area is 194 Å². The summed E-state index contributed by atoms with van der Waals surface area (Å²) in [5, 5.41) is 16.2. The average molecular weight is 454 g/mol. The van der Waals surface area contributed by atoms with E-state index in [1.807, 2.05) is 23.4 Å². The third-order valence-corrected chi connectivity index (χ3v) is 6.43. The molecule has 2 heterocycles. The first-order chi connectivity index (χ1) is 15.9. The Morgan fingerprint density at radius 1 is 1.21 bits per heavy atom. The lowest BCUT2D eigenvalue weighted by Gasteiger charge is -2.31. The van der Waals surface area contributed by atoms with Crippen LogP contribution < -0.4 is 5.32 Å². The van der Waals surface area contributed by atoms with Gasteiger partial charge in [-0.15, -0.1) is 0 Å². The first kappa shape index (κ1) is 24.4. The van der Waals surface area contributed by atoms with E-state index in [1.165, 1.54) is 6.07 Å². The molecule has 176 valence electrons. The van der Waals surface area contributed by atoms with E-state index in [2.05, 4.69) is 16.5 Å². The molecule has 3 rings (SSSR count). The van der Waals surface area contributed by atoms with E-state index < -0.39 is 0 Å². The van der Waals surface area contributed by atoms with Crippen LogP contribution in [0, 0.1) is 36.9 Å². The number of aromatic nitrogens is 2. The van der Waals surface area contributed by atoms with Gasteiger partial charge in [0, 0.05) is 37.7 Å². The topological polar surface area (TPSA) is 91.0 Å². The SMILES string of the molecule is Cc1nn(CCC#N)c(C)c1CCC(=O)N1CCC(C(=O)NCCc2ccccc2F)CC1. The lowest BCUT2D eigenvalue weighted by molar-refractivity contribution is -0.135. The van der Waals surface area contributed by atoms with Crippen molar-refractivity contribution >= 4 is 11.8 Å². The van der Waals surface area contributed by atoms with Crippen molar-refractivity contribution in [2.24, 2.45) is 5.92 Å². The van der Waals surface area contributed by atoms with Gasteiger partial charge in [-0.1, -0.05) is 18.2 Å². The Hall–Kier alpha value is -3.21. The summed E-state index contributed by atoms with van der Waals surface area (Å²) in [6, 6.07) is 8.72. The second-order valence-corrected chi connectivity index (χ2v) is 8.57. The molecule has 1 fully saturated rings. The second-order valence-electron chi connectivity index (χ2n) is 8.57. The Kier molecular flexibility index (Phi) is 8.58. The van der Waals surface area contributed by atoms with Crippen molar-refractivity contribution in [2.45, 2.75) is 58.9 Å².